The van der Waals surface area contributed by atoms with Crippen molar-refractivity contribution in [3.05, 3.63) is 328 Å². The number of thiophene rings is 2. The first-order chi connectivity index (χ1) is 40.6. The van der Waals surface area contributed by atoms with Crippen molar-refractivity contribution < 1.29 is 0 Å². The fraction of sp³-hybridized carbons (Fsp3) is 0.0260. The highest BCUT2D eigenvalue weighted by Gasteiger charge is 2.53. The van der Waals surface area contributed by atoms with E-state index < -0.39 is 10.8 Å². The first kappa shape index (κ1) is 45.9. The van der Waals surface area contributed by atoms with Gasteiger partial charge >= 0.3 is 0 Å². The normalized spacial score (nSPS) is 13.8. The molecule has 11 aromatic carbocycles. The maximum Gasteiger partial charge on any atom is 0.174 e. The molecule has 5 heteroatoms. The zero-order chi connectivity index (χ0) is 53.7. The van der Waals surface area contributed by atoms with Gasteiger partial charge in [0.05, 0.1) is 20.6 Å². The van der Waals surface area contributed by atoms with Gasteiger partial charge in [0.2, 0.25) is 0 Å². The van der Waals surface area contributed by atoms with E-state index in [0.29, 0.717) is 17.5 Å². The Hall–Kier alpha value is -9.91. The summed E-state index contributed by atoms with van der Waals surface area (Å²) in [6.45, 7) is 0. The van der Waals surface area contributed by atoms with Gasteiger partial charge in [-0.15, -0.1) is 22.7 Å². The number of aromatic nitrogens is 3. The number of benzene rings is 11. The van der Waals surface area contributed by atoms with Gasteiger partial charge in [-0.1, -0.05) is 231 Å². The summed E-state index contributed by atoms with van der Waals surface area (Å²) in [5.74, 6) is 2.00. The SMILES string of the molecule is C(=C(c1ccc2c(c1)C1(c3ccccc3-c3ccccc31)c1ccccc1-2)c1ccc2c(c1)C1(c3ccccc3-c3ccccc31)c1ccccc1-2)c1ccc(-c2nc(-c3cc4ccccc4s3)nc(-c3cc4ccccc4s3)n2)cc1. The molecule has 0 saturated heterocycles. The Balaban J connectivity index is 0.845. The first-order valence-electron chi connectivity index (χ1n) is 28.1. The van der Waals surface area contributed by atoms with Crippen LogP contribution in [0, 0.1) is 0 Å². The molecule has 4 aliphatic carbocycles. The van der Waals surface area contributed by atoms with Crippen molar-refractivity contribution in [2.75, 3.05) is 0 Å². The third-order valence-corrected chi connectivity index (χ3v) is 20.2. The van der Waals surface area contributed by atoms with Crippen molar-refractivity contribution in [2.24, 2.45) is 0 Å². The first-order valence-corrected chi connectivity index (χ1v) is 29.7. The van der Waals surface area contributed by atoms with Crippen LogP contribution >= 0.6 is 22.7 Å². The van der Waals surface area contributed by atoms with Gasteiger partial charge in [0.25, 0.3) is 0 Å². The lowest BCUT2D eigenvalue weighted by Gasteiger charge is -2.31. The molecule has 0 N–H and O–H groups in total. The van der Waals surface area contributed by atoms with Gasteiger partial charge in [0.15, 0.2) is 17.5 Å². The molecule has 0 aliphatic heterocycles. The fourth-order valence-electron chi connectivity index (χ4n) is 14.7. The van der Waals surface area contributed by atoms with E-state index in [1.54, 1.807) is 22.7 Å². The van der Waals surface area contributed by atoms with E-state index in [4.69, 9.17) is 15.0 Å². The molecule has 4 aliphatic rings. The average Bonchev–Trinajstić information content (AvgIpc) is 1.64. The minimum atomic E-state index is -0.489. The van der Waals surface area contributed by atoms with E-state index in [-0.39, 0.29) is 0 Å². The number of fused-ring (bicyclic) bond motifs is 22. The largest absolute Gasteiger partial charge is 0.207 e. The molecule has 0 bridgehead atoms. The monoisotopic (exact) mass is 1080 g/mol. The molecule has 82 heavy (non-hydrogen) atoms. The van der Waals surface area contributed by atoms with Crippen LogP contribution in [-0.2, 0) is 10.8 Å². The van der Waals surface area contributed by atoms with Crippen molar-refractivity contribution in [1.82, 2.24) is 15.0 Å². The summed E-state index contributed by atoms with van der Waals surface area (Å²) in [6.07, 6.45) is 2.41. The molecule has 3 heterocycles. The second kappa shape index (κ2) is 17.3. The number of hydrogen-bond acceptors (Lipinski definition) is 5. The fourth-order valence-corrected chi connectivity index (χ4v) is 16.7. The minimum Gasteiger partial charge on any atom is -0.207 e. The second-order valence-electron chi connectivity index (χ2n) is 22.1. The van der Waals surface area contributed by atoms with Crippen molar-refractivity contribution in [3.63, 3.8) is 0 Å². The Morgan fingerprint density at radius 3 is 1.00 bits per heavy atom. The molecular formula is C77H45N3S2. The van der Waals surface area contributed by atoms with E-state index in [0.717, 1.165) is 37.6 Å². The third kappa shape index (κ3) is 6.32. The van der Waals surface area contributed by atoms with Crippen LogP contribution in [0.25, 0.3) is 109 Å². The maximum absolute atomic E-state index is 5.25. The Bertz CT molecular complexity index is 4590. The van der Waals surface area contributed by atoms with Gasteiger partial charge in [0.1, 0.15) is 0 Å². The lowest BCUT2D eigenvalue weighted by molar-refractivity contribution is 0.792. The zero-order valence-corrected chi connectivity index (χ0v) is 45.8. The van der Waals surface area contributed by atoms with Crippen LogP contribution in [0.15, 0.2) is 267 Å². The summed E-state index contributed by atoms with van der Waals surface area (Å²) < 4.78 is 2.41. The van der Waals surface area contributed by atoms with Crippen LogP contribution in [0.1, 0.15) is 61.2 Å². The van der Waals surface area contributed by atoms with E-state index >= 15 is 0 Å². The van der Waals surface area contributed by atoms with Gasteiger partial charge in [-0.05, 0) is 165 Å². The number of nitrogens with zero attached hydrogens (tertiary/aromatic N) is 3. The highest BCUT2D eigenvalue weighted by molar-refractivity contribution is 7.22. The van der Waals surface area contributed by atoms with Crippen LogP contribution in [0.2, 0.25) is 0 Å². The molecule has 3 aromatic heterocycles. The minimum absolute atomic E-state index is 0.489. The van der Waals surface area contributed by atoms with E-state index in [2.05, 4.69) is 273 Å². The van der Waals surface area contributed by atoms with Gasteiger partial charge in [-0.25, -0.2) is 15.0 Å². The molecule has 2 spiro atoms. The van der Waals surface area contributed by atoms with Gasteiger partial charge < -0.3 is 0 Å². The van der Waals surface area contributed by atoms with Crippen LogP contribution in [0.4, 0.5) is 0 Å². The smallest absolute Gasteiger partial charge is 0.174 e. The lowest BCUT2D eigenvalue weighted by atomic mass is 9.69. The molecule has 0 radical (unpaired) electrons. The molecule has 3 nitrogen and oxygen atoms in total. The molecule has 0 fully saturated rings. The average molecular weight is 1080 g/mol. The summed E-state index contributed by atoms with van der Waals surface area (Å²) in [5, 5.41) is 2.36. The Morgan fingerprint density at radius 1 is 0.293 bits per heavy atom. The van der Waals surface area contributed by atoms with Gasteiger partial charge in [-0.3, -0.25) is 0 Å². The Kier molecular flexibility index (Phi) is 9.68. The quantitative estimate of drug-likeness (QED) is 0.156. The van der Waals surface area contributed by atoms with Crippen LogP contribution in [0.5, 0.6) is 0 Å². The molecule has 380 valence electrons. The summed E-state index contributed by atoms with van der Waals surface area (Å²) in [7, 11) is 0. The molecular weight excluding hydrogens is 1030 g/mol. The van der Waals surface area contributed by atoms with Crippen molar-refractivity contribution in [1.29, 1.82) is 0 Å². The molecule has 0 atom stereocenters. The van der Waals surface area contributed by atoms with Gasteiger partial charge in [0, 0.05) is 15.0 Å². The maximum atomic E-state index is 5.25. The Labute approximate surface area is 482 Å². The van der Waals surface area contributed by atoms with Crippen molar-refractivity contribution in [3.8, 4) is 77.3 Å². The number of rotatable bonds is 6. The predicted molar refractivity (Wildman–Crippen MR) is 339 cm³/mol. The van der Waals surface area contributed by atoms with Crippen molar-refractivity contribution in [2.45, 2.75) is 10.8 Å². The lowest BCUT2D eigenvalue weighted by Crippen LogP contribution is -2.26. The summed E-state index contributed by atoms with van der Waals surface area (Å²) in [5.41, 5.74) is 25.4. The van der Waals surface area contributed by atoms with Gasteiger partial charge in [-0.2, -0.15) is 0 Å². The van der Waals surface area contributed by atoms with Crippen molar-refractivity contribution >= 4 is 54.5 Å². The number of hydrogen-bond donors (Lipinski definition) is 0. The predicted octanol–water partition coefficient (Wildman–Crippen LogP) is 19.6. The van der Waals surface area contributed by atoms with Crippen LogP contribution < -0.4 is 0 Å². The second-order valence-corrected chi connectivity index (χ2v) is 24.2. The third-order valence-electron chi connectivity index (χ3n) is 18.0. The van der Waals surface area contributed by atoms with E-state index in [1.165, 1.54) is 109 Å². The molecule has 0 amide bonds. The molecule has 18 rings (SSSR count). The summed E-state index contributed by atoms with van der Waals surface area (Å²) >= 11 is 3.44. The molecule has 0 unspecified atom stereocenters. The summed E-state index contributed by atoms with van der Waals surface area (Å²) in [4.78, 5) is 17.7. The topological polar surface area (TPSA) is 38.7 Å². The molecule has 14 aromatic rings. The van der Waals surface area contributed by atoms with Crippen LogP contribution in [0.3, 0.4) is 0 Å². The van der Waals surface area contributed by atoms with Crippen LogP contribution in [-0.4, -0.2) is 15.0 Å². The Morgan fingerprint density at radius 2 is 0.622 bits per heavy atom. The molecule has 0 saturated carbocycles. The van der Waals surface area contributed by atoms with E-state index in [1.807, 2.05) is 0 Å². The van der Waals surface area contributed by atoms with E-state index in [9.17, 15) is 0 Å². The zero-order valence-electron chi connectivity index (χ0n) is 44.1. The highest BCUT2D eigenvalue weighted by atomic mass is 32.1. The standard InChI is InChI=1S/C77H45N3S2/c1-15-31-69-50(17-1)44-71(81-69)74-78-73(79-75(80-74)72-45-51-18-2-16-32-70(51)82-72)47-35-33-46(34-36-47)41-60(48-37-39-58-56-23-7-13-29-65(56)76(67(58)42-48)61-25-9-3-19-52(61)53-20-4-10-26-62(53)76)49-38-40-59-57-24-8-14-30-66(57)77(68(59)43-49)63-27-11-5-21-54(63)55-22-6-12-28-64(55)77/h1-45H. The summed E-state index contributed by atoms with van der Waals surface area (Å²) in [6, 6.07) is 99.4. The highest BCUT2D eigenvalue weighted by Crippen LogP contribution is 2.65.